The van der Waals surface area contributed by atoms with Crippen LogP contribution in [0.4, 0.5) is 4.79 Å². The molecule has 0 aromatic heterocycles. The van der Waals surface area contributed by atoms with Crippen molar-refractivity contribution in [2.45, 2.75) is 45.3 Å². The molecule has 4 nitrogen and oxygen atoms in total. The molecule has 1 atom stereocenters. The van der Waals surface area contributed by atoms with Crippen LogP contribution in [0.3, 0.4) is 0 Å². The van der Waals surface area contributed by atoms with E-state index in [2.05, 4.69) is 0 Å². The van der Waals surface area contributed by atoms with Crippen molar-refractivity contribution in [2.75, 3.05) is 6.54 Å². The Morgan fingerprint density at radius 3 is 2.52 bits per heavy atom. The number of carbonyl (C=O) groups excluding carboxylic acids is 2. The highest BCUT2D eigenvalue weighted by atomic mass is 35.5. The number of carbonyl (C=O) groups is 2. The van der Waals surface area contributed by atoms with Crippen LogP contribution in [-0.2, 0) is 16.0 Å². The maximum Gasteiger partial charge on any atom is 0.410 e. The van der Waals surface area contributed by atoms with Crippen LogP contribution in [-0.4, -0.2) is 35.0 Å². The number of Topliss-reactive ketones (excluding diaryl/α,β-unsaturated/α-hetero) is 1. The minimum atomic E-state index is -0.562. The van der Waals surface area contributed by atoms with Gasteiger partial charge >= 0.3 is 6.09 Å². The van der Waals surface area contributed by atoms with Gasteiger partial charge in [0, 0.05) is 17.5 Å². The van der Waals surface area contributed by atoms with Gasteiger partial charge in [0.25, 0.3) is 0 Å². The zero-order chi connectivity index (χ0) is 15.6. The van der Waals surface area contributed by atoms with E-state index in [0.29, 0.717) is 17.9 Å². The van der Waals surface area contributed by atoms with Crippen molar-refractivity contribution in [1.82, 2.24) is 4.90 Å². The number of halogens is 1. The summed E-state index contributed by atoms with van der Waals surface area (Å²) in [7, 11) is 0. The predicted octanol–water partition coefficient (Wildman–Crippen LogP) is 3.46. The third-order valence-electron chi connectivity index (χ3n) is 3.26. The molecule has 1 heterocycles. The van der Waals surface area contributed by atoms with Crippen LogP contribution < -0.4 is 0 Å². The number of ether oxygens (including phenoxy) is 1. The molecular weight excluding hydrogens is 290 g/mol. The minimum absolute atomic E-state index is 0.0693. The molecule has 0 saturated carbocycles. The van der Waals surface area contributed by atoms with Gasteiger partial charge in [-0.1, -0.05) is 23.7 Å². The lowest BCUT2D eigenvalue weighted by Crippen LogP contribution is -2.40. The second-order valence-electron chi connectivity index (χ2n) is 6.34. The molecular formula is C16H20ClNO3. The van der Waals surface area contributed by atoms with Crippen molar-refractivity contribution in [3.05, 3.63) is 34.9 Å². The first-order chi connectivity index (χ1) is 9.74. The van der Waals surface area contributed by atoms with Crippen LogP contribution >= 0.6 is 11.6 Å². The monoisotopic (exact) mass is 309 g/mol. The summed E-state index contributed by atoms with van der Waals surface area (Å²) in [5, 5.41) is 0.672. The molecule has 1 unspecified atom stereocenters. The predicted molar refractivity (Wildman–Crippen MR) is 81.5 cm³/mol. The number of hydrogen-bond acceptors (Lipinski definition) is 3. The Morgan fingerprint density at radius 2 is 1.95 bits per heavy atom. The van der Waals surface area contributed by atoms with Gasteiger partial charge in [0.15, 0.2) is 5.78 Å². The number of rotatable bonds is 2. The summed E-state index contributed by atoms with van der Waals surface area (Å²) in [5.74, 6) is 0.0693. The molecule has 114 valence electrons. The van der Waals surface area contributed by atoms with E-state index in [1.54, 1.807) is 0 Å². The van der Waals surface area contributed by atoms with E-state index in [1.165, 1.54) is 4.90 Å². The molecule has 2 rings (SSSR count). The van der Waals surface area contributed by atoms with Gasteiger partial charge < -0.3 is 4.74 Å². The Labute approximate surface area is 130 Å². The molecule has 1 aliphatic rings. The van der Waals surface area contributed by atoms with E-state index in [-0.39, 0.29) is 18.4 Å². The smallest absolute Gasteiger partial charge is 0.410 e. The van der Waals surface area contributed by atoms with Crippen LogP contribution in [0, 0.1) is 0 Å². The average Bonchev–Trinajstić information content (AvgIpc) is 2.71. The van der Waals surface area contributed by atoms with Crippen molar-refractivity contribution >= 4 is 23.5 Å². The van der Waals surface area contributed by atoms with Crippen LogP contribution in [0.25, 0.3) is 0 Å². The lowest BCUT2D eigenvalue weighted by molar-refractivity contribution is -0.117. The van der Waals surface area contributed by atoms with Gasteiger partial charge in [-0.15, -0.1) is 0 Å². The van der Waals surface area contributed by atoms with Crippen LogP contribution in [0.15, 0.2) is 24.3 Å². The Kier molecular flexibility index (Phi) is 4.57. The van der Waals surface area contributed by atoms with Crippen molar-refractivity contribution < 1.29 is 14.3 Å². The Hall–Kier alpha value is -1.55. The summed E-state index contributed by atoms with van der Waals surface area (Å²) in [4.78, 5) is 25.4. The van der Waals surface area contributed by atoms with Gasteiger partial charge in [-0.3, -0.25) is 9.69 Å². The van der Waals surface area contributed by atoms with Gasteiger partial charge in [0.1, 0.15) is 5.60 Å². The fourth-order valence-electron chi connectivity index (χ4n) is 2.37. The van der Waals surface area contributed by atoms with E-state index in [4.69, 9.17) is 16.3 Å². The third kappa shape index (κ3) is 4.46. The van der Waals surface area contributed by atoms with E-state index in [0.717, 1.165) is 5.56 Å². The number of benzene rings is 1. The first kappa shape index (κ1) is 15.8. The molecule has 5 heteroatoms. The van der Waals surface area contributed by atoms with Crippen LogP contribution in [0.5, 0.6) is 0 Å². The lowest BCUT2D eigenvalue weighted by atomic mass is 10.0. The van der Waals surface area contributed by atoms with Gasteiger partial charge in [0.2, 0.25) is 0 Å². The fraction of sp³-hybridized carbons (Fsp3) is 0.500. The summed E-state index contributed by atoms with van der Waals surface area (Å²) in [6, 6.07) is 7.31. The van der Waals surface area contributed by atoms with E-state index in [1.807, 2.05) is 45.0 Å². The quantitative estimate of drug-likeness (QED) is 0.840. The lowest BCUT2D eigenvalue weighted by Gasteiger charge is -2.28. The topological polar surface area (TPSA) is 46.6 Å². The highest BCUT2D eigenvalue weighted by molar-refractivity contribution is 6.30. The van der Waals surface area contributed by atoms with Crippen molar-refractivity contribution in [3.8, 4) is 0 Å². The number of likely N-dealkylation sites (tertiary alicyclic amines) is 1. The molecule has 1 aliphatic heterocycles. The maximum absolute atomic E-state index is 12.2. The fourth-order valence-corrected chi connectivity index (χ4v) is 2.49. The third-order valence-corrected chi connectivity index (χ3v) is 3.52. The highest BCUT2D eigenvalue weighted by Crippen LogP contribution is 2.22. The summed E-state index contributed by atoms with van der Waals surface area (Å²) in [6.45, 7) is 5.58. The van der Waals surface area contributed by atoms with Crippen molar-refractivity contribution in [1.29, 1.82) is 0 Å². The van der Waals surface area contributed by atoms with Crippen molar-refractivity contribution in [3.63, 3.8) is 0 Å². The van der Waals surface area contributed by atoms with Gasteiger partial charge in [-0.2, -0.15) is 0 Å². The average molecular weight is 310 g/mol. The number of nitrogens with zero attached hydrogens (tertiary/aromatic N) is 1. The maximum atomic E-state index is 12.2. The SMILES string of the molecule is CC(C)(C)OC(=O)N1CC(=O)CC1Cc1ccc(Cl)cc1. The number of amides is 1. The van der Waals surface area contributed by atoms with Gasteiger partial charge in [0.05, 0.1) is 6.54 Å². The molecule has 1 amide bonds. The molecule has 0 N–H and O–H groups in total. The molecule has 1 aromatic rings. The molecule has 0 aliphatic carbocycles. The summed E-state index contributed by atoms with van der Waals surface area (Å²) in [6.07, 6.45) is 0.580. The normalized spacial score (nSPS) is 19.0. The molecule has 0 bridgehead atoms. The minimum Gasteiger partial charge on any atom is -0.444 e. The van der Waals surface area contributed by atoms with Gasteiger partial charge in [-0.25, -0.2) is 4.79 Å². The molecule has 0 radical (unpaired) electrons. The first-order valence-corrected chi connectivity index (χ1v) is 7.38. The summed E-state index contributed by atoms with van der Waals surface area (Å²) < 4.78 is 5.37. The second-order valence-corrected chi connectivity index (χ2v) is 6.77. The largest absolute Gasteiger partial charge is 0.444 e. The number of ketones is 1. The van der Waals surface area contributed by atoms with Crippen molar-refractivity contribution in [2.24, 2.45) is 0 Å². The Balaban J connectivity index is 2.08. The Bertz CT molecular complexity index is 533. The number of hydrogen-bond donors (Lipinski definition) is 0. The van der Waals surface area contributed by atoms with Crippen LogP contribution in [0.1, 0.15) is 32.8 Å². The van der Waals surface area contributed by atoms with Crippen LogP contribution in [0.2, 0.25) is 5.02 Å². The summed E-state index contributed by atoms with van der Waals surface area (Å²) in [5.41, 5.74) is 0.487. The molecule has 1 saturated heterocycles. The molecule has 1 fully saturated rings. The molecule has 1 aromatic carbocycles. The zero-order valence-electron chi connectivity index (χ0n) is 12.6. The molecule has 21 heavy (non-hydrogen) atoms. The second kappa shape index (κ2) is 6.06. The van der Waals surface area contributed by atoms with E-state index in [9.17, 15) is 9.59 Å². The standard InChI is InChI=1S/C16H20ClNO3/c1-16(2,3)21-15(20)18-10-14(19)9-13(18)8-11-4-6-12(17)7-5-11/h4-7,13H,8-10H2,1-3H3. The molecule has 0 spiro atoms. The van der Waals surface area contributed by atoms with E-state index >= 15 is 0 Å². The van der Waals surface area contributed by atoms with E-state index < -0.39 is 11.7 Å². The Morgan fingerprint density at radius 1 is 1.33 bits per heavy atom. The van der Waals surface area contributed by atoms with Gasteiger partial charge in [-0.05, 0) is 44.9 Å². The summed E-state index contributed by atoms with van der Waals surface area (Å²) >= 11 is 5.86. The first-order valence-electron chi connectivity index (χ1n) is 7.00. The zero-order valence-corrected chi connectivity index (χ0v) is 13.3. The highest BCUT2D eigenvalue weighted by Gasteiger charge is 2.36.